The van der Waals surface area contributed by atoms with E-state index in [1.54, 1.807) is 13.4 Å². The molecule has 6 heteroatoms. The smallest absolute Gasteiger partial charge is 0.241 e. The van der Waals surface area contributed by atoms with Crippen molar-refractivity contribution in [1.82, 2.24) is 10.2 Å². The van der Waals surface area contributed by atoms with Crippen LogP contribution in [0.1, 0.15) is 50.0 Å². The van der Waals surface area contributed by atoms with Crippen LogP contribution >= 0.6 is 15.9 Å². The van der Waals surface area contributed by atoms with Gasteiger partial charge in [-0.1, -0.05) is 12.1 Å². The Kier molecular flexibility index (Phi) is 7.34. The lowest BCUT2D eigenvalue weighted by Gasteiger charge is -2.28. The van der Waals surface area contributed by atoms with Crippen LogP contribution in [0.5, 0.6) is 5.75 Å². The second kappa shape index (κ2) is 9.94. The molecular formula is C22H27BrN2O3. The van der Waals surface area contributed by atoms with E-state index in [0.29, 0.717) is 6.54 Å². The lowest BCUT2D eigenvalue weighted by molar-refractivity contribution is -0.129. The second-order valence-electron chi connectivity index (χ2n) is 7.00. The zero-order valence-electron chi connectivity index (χ0n) is 16.4. The highest BCUT2D eigenvalue weighted by Crippen LogP contribution is 2.28. The Labute approximate surface area is 174 Å². The highest BCUT2D eigenvalue weighted by Gasteiger charge is 2.21. The average Bonchev–Trinajstić information content (AvgIpc) is 3.24. The van der Waals surface area contributed by atoms with Crippen LogP contribution < -0.4 is 10.1 Å². The van der Waals surface area contributed by atoms with Crippen molar-refractivity contribution in [2.24, 2.45) is 0 Å². The number of nitrogens with one attached hydrogen (secondary N) is 1. The average molecular weight is 447 g/mol. The van der Waals surface area contributed by atoms with Crippen LogP contribution in [0.2, 0.25) is 0 Å². The first-order chi connectivity index (χ1) is 13.6. The van der Waals surface area contributed by atoms with Gasteiger partial charge in [0.1, 0.15) is 11.5 Å². The maximum Gasteiger partial charge on any atom is 0.241 e. The molecule has 150 valence electrons. The molecule has 0 radical (unpaired) electrons. The number of hydrogen-bond acceptors (Lipinski definition) is 4. The van der Waals surface area contributed by atoms with Gasteiger partial charge in [-0.2, -0.15) is 0 Å². The van der Waals surface area contributed by atoms with E-state index in [1.807, 2.05) is 35.2 Å². The lowest BCUT2D eigenvalue weighted by atomic mass is 10.0. The first kappa shape index (κ1) is 20.7. The molecule has 3 rings (SSSR count). The van der Waals surface area contributed by atoms with Gasteiger partial charge in [0.2, 0.25) is 5.91 Å². The molecule has 0 aliphatic heterocycles. The molecule has 1 aromatic carbocycles. The number of nitrogens with zero attached hydrogens (tertiary/aromatic N) is 1. The van der Waals surface area contributed by atoms with Gasteiger partial charge in [-0.3, -0.25) is 4.79 Å². The number of methoxy groups -OCH3 is 1. The molecule has 1 amide bonds. The number of allylic oxidation sites excluding steroid dienone is 2. The van der Waals surface area contributed by atoms with Gasteiger partial charge in [-0.15, -0.1) is 0 Å². The van der Waals surface area contributed by atoms with Crippen LogP contribution in [0.3, 0.4) is 0 Å². The zero-order valence-corrected chi connectivity index (χ0v) is 18.0. The third-order valence-corrected chi connectivity index (χ3v) is 5.66. The molecule has 0 saturated heterocycles. The third kappa shape index (κ3) is 5.26. The second-order valence-corrected chi connectivity index (χ2v) is 7.85. The van der Waals surface area contributed by atoms with Crippen LogP contribution in [-0.2, 0) is 11.3 Å². The molecule has 0 unspecified atom stereocenters. The molecule has 5 nitrogen and oxygen atoms in total. The fourth-order valence-corrected chi connectivity index (χ4v) is 3.94. The summed E-state index contributed by atoms with van der Waals surface area (Å²) in [7, 11) is 1.65. The van der Waals surface area contributed by atoms with Gasteiger partial charge in [-0.25, -0.2) is 0 Å². The van der Waals surface area contributed by atoms with Gasteiger partial charge in [0, 0.05) is 11.7 Å². The molecule has 1 aliphatic carbocycles. The maximum absolute atomic E-state index is 13.0. The number of ether oxygens (including phenoxy) is 1. The van der Waals surface area contributed by atoms with Crippen molar-refractivity contribution in [2.75, 3.05) is 13.7 Å². The topological polar surface area (TPSA) is 54.7 Å². The molecule has 0 fully saturated rings. The first-order valence-electron chi connectivity index (χ1n) is 9.67. The third-order valence-electron chi connectivity index (χ3n) is 5.04. The minimum atomic E-state index is 0.0388. The summed E-state index contributed by atoms with van der Waals surface area (Å²) in [5.74, 6) is 1.65. The molecule has 1 N–H and O–H groups in total. The van der Waals surface area contributed by atoms with E-state index in [4.69, 9.17) is 9.15 Å². The van der Waals surface area contributed by atoms with Gasteiger partial charge in [0.05, 0.1) is 30.9 Å². The predicted molar refractivity (Wildman–Crippen MR) is 113 cm³/mol. The van der Waals surface area contributed by atoms with Crippen LogP contribution in [0, 0.1) is 0 Å². The standard InChI is InChI=1S/C22H27BrN2O3/c1-16(17-10-11-21(27-2)20(23)13-17)24-14-22(26)25(15-19-9-6-12-28-19)18-7-4-3-5-8-18/h6-7,9-13,16,24H,3-5,8,14-15H2,1-2H3/t16-/m1/s1. The van der Waals surface area contributed by atoms with Crippen molar-refractivity contribution >= 4 is 21.8 Å². The Balaban J connectivity index is 1.65. The number of furan rings is 1. The summed E-state index contributed by atoms with van der Waals surface area (Å²) in [6, 6.07) is 9.76. The van der Waals surface area contributed by atoms with Gasteiger partial charge < -0.3 is 19.4 Å². The van der Waals surface area contributed by atoms with E-state index in [9.17, 15) is 4.79 Å². The van der Waals surface area contributed by atoms with Crippen LogP contribution in [0.25, 0.3) is 0 Å². The molecule has 0 saturated carbocycles. The number of halogens is 1. The lowest BCUT2D eigenvalue weighted by Crippen LogP contribution is -2.38. The van der Waals surface area contributed by atoms with Gasteiger partial charge in [0.15, 0.2) is 0 Å². The largest absolute Gasteiger partial charge is 0.496 e. The van der Waals surface area contributed by atoms with Gasteiger partial charge in [-0.05, 0) is 78.4 Å². The molecule has 2 aromatic rings. The number of hydrogen-bond donors (Lipinski definition) is 1. The van der Waals surface area contributed by atoms with E-state index in [1.165, 1.54) is 6.42 Å². The Morgan fingerprint density at radius 1 is 1.36 bits per heavy atom. The highest BCUT2D eigenvalue weighted by molar-refractivity contribution is 9.10. The fourth-order valence-electron chi connectivity index (χ4n) is 3.38. The monoisotopic (exact) mass is 446 g/mol. The summed E-state index contributed by atoms with van der Waals surface area (Å²) in [5, 5.41) is 3.35. The van der Waals surface area contributed by atoms with E-state index in [2.05, 4.69) is 34.2 Å². The molecule has 28 heavy (non-hydrogen) atoms. The number of rotatable bonds is 8. The predicted octanol–water partition coefficient (Wildman–Crippen LogP) is 5.19. The Morgan fingerprint density at radius 3 is 2.86 bits per heavy atom. The molecule has 1 heterocycles. The molecule has 1 aromatic heterocycles. The quantitative estimate of drug-likeness (QED) is 0.606. The van der Waals surface area contributed by atoms with Crippen molar-refractivity contribution in [3.63, 3.8) is 0 Å². The van der Waals surface area contributed by atoms with E-state index >= 15 is 0 Å². The summed E-state index contributed by atoms with van der Waals surface area (Å²) >= 11 is 3.52. The first-order valence-corrected chi connectivity index (χ1v) is 10.5. The summed E-state index contributed by atoms with van der Waals surface area (Å²) < 4.78 is 11.7. The molecule has 1 aliphatic rings. The molecule has 1 atom stereocenters. The van der Waals surface area contributed by atoms with Crippen molar-refractivity contribution < 1.29 is 13.9 Å². The zero-order chi connectivity index (χ0) is 19.9. The minimum absolute atomic E-state index is 0.0388. The number of carbonyl (C=O) groups excluding carboxylic acids is 1. The van der Waals surface area contributed by atoms with Crippen LogP contribution in [0.4, 0.5) is 0 Å². The van der Waals surface area contributed by atoms with E-state index in [-0.39, 0.29) is 18.5 Å². The summed E-state index contributed by atoms with van der Waals surface area (Å²) in [6.45, 7) is 2.79. The van der Waals surface area contributed by atoms with Crippen molar-refractivity contribution in [3.05, 3.63) is 64.2 Å². The van der Waals surface area contributed by atoms with Crippen molar-refractivity contribution in [2.45, 2.75) is 45.2 Å². The highest BCUT2D eigenvalue weighted by atomic mass is 79.9. The SMILES string of the molecule is COc1ccc([C@@H](C)NCC(=O)N(Cc2ccco2)C2=CCCCC2)cc1Br. The van der Waals surface area contributed by atoms with E-state index in [0.717, 1.165) is 46.5 Å². The molecule has 0 bridgehead atoms. The normalized spacial score (nSPS) is 15.0. The summed E-state index contributed by atoms with van der Waals surface area (Å²) in [4.78, 5) is 14.9. The van der Waals surface area contributed by atoms with E-state index < -0.39 is 0 Å². The van der Waals surface area contributed by atoms with Crippen LogP contribution in [-0.4, -0.2) is 24.5 Å². The van der Waals surface area contributed by atoms with Crippen molar-refractivity contribution in [1.29, 1.82) is 0 Å². The molecule has 0 spiro atoms. The van der Waals surface area contributed by atoms with Crippen LogP contribution in [0.15, 0.2) is 57.3 Å². The Bertz CT molecular complexity index is 817. The number of carbonyl (C=O) groups is 1. The van der Waals surface area contributed by atoms with Crippen molar-refractivity contribution in [3.8, 4) is 5.75 Å². The minimum Gasteiger partial charge on any atom is -0.496 e. The number of amides is 1. The Morgan fingerprint density at radius 2 is 2.21 bits per heavy atom. The summed E-state index contributed by atoms with van der Waals surface area (Å²) in [6.07, 6.45) is 8.11. The Hall–Kier alpha value is -2.05. The fraction of sp³-hybridized carbons (Fsp3) is 0.409. The molecular weight excluding hydrogens is 420 g/mol. The summed E-state index contributed by atoms with van der Waals surface area (Å²) in [5.41, 5.74) is 2.20. The van der Waals surface area contributed by atoms with Gasteiger partial charge >= 0.3 is 0 Å². The van der Waals surface area contributed by atoms with Gasteiger partial charge in [0.25, 0.3) is 0 Å². The number of benzene rings is 1. The maximum atomic E-state index is 13.0.